The molecule has 0 spiro atoms. The third-order valence-corrected chi connectivity index (χ3v) is 6.26. The number of carbonyl (C=O) groups is 2. The number of amides is 2. The van der Waals surface area contributed by atoms with Crippen LogP contribution in [0.4, 0.5) is 5.82 Å². The highest BCUT2D eigenvalue weighted by Gasteiger charge is 2.28. The minimum atomic E-state index is -0.404. The number of likely N-dealkylation sites (tertiary alicyclic amines) is 1. The molecule has 0 radical (unpaired) electrons. The molecule has 1 aromatic heterocycles. The summed E-state index contributed by atoms with van der Waals surface area (Å²) in [5, 5.41) is 4.17. The van der Waals surface area contributed by atoms with E-state index in [1.54, 1.807) is 47.5 Å². The van der Waals surface area contributed by atoms with Crippen molar-refractivity contribution >= 4 is 46.9 Å². The maximum Gasteiger partial charge on any atom is 0.267 e. The highest BCUT2D eigenvalue weighted by atomic mass is 35.5. The van der Waals surface area contributed by atoms with Crippen molar-refractivity contribution in [1.29, 1.82) is 0 Å². The van der Waals surface area contributed by atoms with Crippen LogP contribution in [0.2, 0.25) is 10.0 Å². The van der Waals surface area contributed by atoms with E-state index in [9.17, 15) is 9.59 Å². The molecular formula is C24H26Cl2N4O4. The molecule has 0 aliphatic carbocycles. The molecule has 2 atom stereocenters. The molecular weight excluding hydrogens is 479 g/mol. The maximum atomic E-state index is 12.8. The lowest BCUT2D eigenvalue weighted by molar-refractivity contribution is -0.198. The number of hydrogen-bond donors (Lipinski definition) is 2. The zero-order valence-corrected chi connectivity index (χ0v) is 20.0. The van der Waals surface area contributed by atoms with E-state index < -0.39 is 12.2 Å². The third-order valence-electron chi connectivity index (χ3n) is 5.64. The lowest BCUT2D eigenvalue weighted by atomic mass is 10.2. The third kappa shape index (κ3) is 6.48. The molecule has 0 saturated carbocycles. The lowest BCUT2D eigenvalue weighted by Crippen LogP contribution is -2.32. The summed E-state index contributed by atoms with van der Waals surface area (Å²) in [5.74, 6) is 0.0339. The van der Waals surface area contributed by atoms with Gasteiger partial charge in [-0.3, -0.25) is 9.59 Å². The van der Waals surface area contributed by atoms with Gasteiger partial charge in [0.2, 0.25) is 0 Å². The maximum absolute atomic E-state index is 12.8. The van der Waals surface area contributed by atoms with E-state index in [-0.39, 0.29) is 11.9 Å². The van der Waals surface area contributed by atoms with Gasteiger partial charge in [0.1, 0.15) is 5.82 Å². The second kappa shape index (κ2) is 11.7. The number of nitrogens with zero attached hydrogens (tertiary/aromatic N) is 2. The van der Waals surface area contributed by atoms with Crippen LogP contribution in [0.3, 0.4) is 0 Å². The van der Waals surface area contributed by atoms with Crippen LogP contribution in [0.25, 0.3) is 6.08 Å². The SMILES string of the molecule is O=C(C=Cc1cnc(N[C@@H]2CCN(C(=O)c3ccccc3Cl)C2)c(Cl)c1)NOC1CCCCO1. The van der Waals surface area contributed by atoms with Crippen molar-refractivity contribution < 1.29 is 19.2 Å². The highest BCUT2D eigenvalue weighted by Crippen LogP contribution is 2.25. The lowest BCUT2D eigenvalue weighted by Gasteiger charge is -2.21. The fourth-order valence-corrected chi connectivity index (χ4v) is 4.29. The van der Waals surface area contributed by atoms with Crippen molar-refractivity contribution in [3.63, 3.8) is 0 Å². The Balaban J connectivity index is 1.28. The first kappa shape index (κ1) is 24.5. The van der Waals surface area contributed by atoms with Crippen LogP contribution in [0.15, 0.2) is 42.6 Å². The van der Waals surface area contributed by atoms with E-state index in [0.717, 1.165) is 25.7 Å². The number of pyridine rings is 1. The minimum absolute atomic E-state index is 0.0164. The molecule has 4 rings (SSSR count). The summed E-state index contributed by atoms with van der Waals surface area (Å²) < 4.78 is 5.40. The van der Waals surface area contributed by atoms with Gasteiger partial charge in [-0.15, -0.1) is 0 Å². The largest absolute Gasteiger partial charge is 0.364 e. The highest BCUT2D eigenvalue weighted by molar-refractivity contribution is 6.34. The molecule has 1 unspecified atom stereocenters. The second-order valence-corrected chi connectivity index (χ2v) is 8.99. The van der Waals surface area contributed by atoms with Crippen LogP contribution < -0.4 is 10.8 Å². The molecule has 1 aromatic carbocycles. The molecule has 8 nitrogen and oxygen atoms in total. The van der Waals surface area contributed by atoms with Crippen LogP contribution in [-0.4, -0.2) is 53.7 Å². The summed E-state index contributed by atoms with van der Waals surface area (Å²) in [6, 6.07) is 8.77. The molecule has 2 fully saturated rings. The fraction of sp³-hybridized carbons (Fsp3) is 0.375. The fourth-order valence-electron chi connectivity index (χ4n) is 3.84. The number of ether oxygens (including phenoxy) is 1. The average molecular weight is 505 g/mol. The molecule has 2 aliphatic rings. The van der Waals surface area contributed by atoms with Crippen molar-refractivity contribution in [3.05, 3.63) is 63.8 Å². The summed E-state index contributed by atoms with van der Waals surface area (Å²) in [4.78, 5) is 36.1. The second-order valence-electron chi connectivity index (χ2n) is 8.17. The zero-order valence-electron chi connectivity index (χ0n) is 18.5. The Kier molecular flexibility index (Phi) is 8.39. The summed E-state index contributed by atoms with van der Waals surface area (Å²) in [7, 11) is 0. The molecule has 2 amide bonds. The molecule has 2 N–H and O–H groups in total. The summed E-state index contributed by atoms with van der Waals surface area (Å²) in [6.45, 7) is 1.77. The van der Waals surface area contributed by atoms with Crippen molar-refractivity contribution in [2.75, 3.05) is 25.0 Å². The number of aromatic nitrogens is 1. The predicted octanol–water partition coefficient (Wildman–Crippen LogP) is 4.30. The molecule has 3 heterocycles. The molecule has 10 heteroatoms. The van der Waals surface area contributed by atoms with Crippen molar-refractivity contribution in [3.8, 4) is 0 Å². The summed E-state index contributed by atoms with van der Waals surface area (Å²) in [5.41, 5.74) is 3.53. The number of nitrogens with one attached hydrogen (secondary N) is 2. The average Bonchev–Trinajstić information content (AvgIpc) is 3.32. The Morgan fingerprint density at radius 3 is 2.79 bits per heavy atom. The smallest absolute Gasteiger partial charge is 0.267 e. The van der Waals surface area contributed by atoms with Gasteiger partial charge in [0.15, 0.2) is 6.29 Å². The van der Waals surface area contributed by atoms with Gasteiger partial charge < -0.3 is 15.0 Å². The Hall–Kier alpha value is -2.65. The van der Waals surface area contributed by atoms with Crippen LogP contribution in [0.1, 0.15) is 41.6 Å². The first-order valence-corrected chi connectivity index (χ1v) is 12.0. The first-order valence-electron chi connectivity index (χ1n) is 11.2. The van der Waals surface area contributed by atoms with Crippen molar-refractivity contribution in [2.45, 2.75) is 38.0 Å². The number of carbonyl (C=O) groups excluding carboxylic acids is 2. The van der Waals surface area contributed by atoms with E-state index in [2.05, 4.69) is 15.8 Å². The summed E-state index contributed by atoms with van der Waals surface area (Å²) >= 11 is 12.6. The number of rotatable bonds is 7. The Bertz CT molecular complexity index is 1060. The van der Waals surface area contributed by atoms with E-state index in [0.29, 0.717) is 46.7 Å². The Morgan fingerprint density at radius 2 is 2.03 bits per heavy atom. The number of anilines is 1. The minimum Gasteiger partial charge on any atom is -0.364 e. The normalized spacial score (nSPS) is 20.5. The van der Waals surface area contributed by atoms with Gasteiger partial charge in [-0.1, -0.05) is 35.3 Å². The van der Waals surface area contributed by atoms with E-state index in [1.807, 2.05) is 0 Å². The van der Waals surface area contributed by atoms with E-state index in [1.165, 1.54) is 6.08 Å². The first-order chi connectivity index (χ1) is 16.5. The monoisotopic (exact) mass is 504 g/mol. The number of hydroxylamine groups is 1. The molecule has 0 bridgehead atoms. The quantitative estimate of drug-likeness (QED) is 0.431. The topological polar surface area (TPSA) is 92.8 Å². The molecule has 34 heavy (non-hydrogen) atoms. The van der Waals surface area contributed by atoms with Gasteiger partial charge in [0.25, 0.3) is 11.8 Å². The van der Waals surface area contributed by atoms with Crippen LogP contribution in [-0.2, 0) is 14.4 Å². The standard InChI is InChI=1S/C24H26Cl2N4O4/c25-19-6-2-1-5-18(19)24(32)30-11-10-17(15-30)28-23-20(26)13-16(14-27-23)8-9-21(31)29-34-22-7-3-4-12-33-22/h1-2,5-6,8-9,13-14,17,22H,3-4,7,10-12,15H2,(H,27,28)(H,29,31)/t17-,22?/m1/s1. The predicted molar refractivity (Wildman–Crippen MR) is 130 cm³/mol. The zero-order chi connectivity index (χ0) is 23.9. The Morgan fingerprint density at radius 1 is 1.18 bits per heavy atom. The van der Waals surface area contributed by atoms with Crippen molar-refractivity contribution in [2.24, 2.45) is 0 Å². The molecule has 2 aliphatic heterocycles. The molecule has 180 valence electrons. The Labute approximate surface area is 208 Å². The molecule has 2 aromatic rings. The van der Waals surface area contributed by atoms with Crippen LogP contribution >= 0.6 is 23.2 Å². The van der Waals surface area contributed by atoms with Gasteiger partial charge in [-0.05, 0) is 49.1 Å². The van der Waals surface area contributed by atoms with Crippen LogP contribution in [0.5, 0.6) is 0 Å². The van der Waals surface area contributed by atoms with E-state index >= 15 is 0 Å². The number of halogens is 2. The van der Waals surface area contributed by atoms with Gasteiger partial charge in [0.05, 0.1) is 15.6 Å². The van der Waals surface area contributed by atoms with Gasteiger partial charge >= 0.3 is 0 Å². The van der Waals surface area contributed by atoms with Gasteiger partial charge in [-0.25, -0.2) is 15.3 Å². The van der Waals surface area contributed by atoms with Crippen molar-refractivity contribution in [1.82, 2.24) is 15.4 Å². The van der Waals surface area contributed by atoms with Gasteiger partial charge in [0, 0.05) is 44.4 Å². The number of benzene rings is 1. The molecule has 2 saturated heterocycles. The summed E-state index contributed by atoms with van der Waals surface area (Å²) in [6.07, 6.45) is 7.69. The number of hydrogen-bond acceptors (Lipinski definition) is 6. The van der Waals surface area contributed by atoms with Gasteiger partial charge in [-0.2, -0.15) is 0 Å². The van der Waals surface area contributed by atoms with E-state index in [4.69, 9.17) is 32.8 Å². The van der Waals surface area contributed by atoms with Crippen LogP contribution in [0, 0.1) is 0 Å².